The minimum atomic E-state index is -0.445. The van der Waals surface area contributed by atoms with Gasteiger partial charge in [-0.2, -0.15) is 0 Å². The third kappa shape index (κ3) is 4.92. The molecule has 0 saturated heterocycles. The first-order valence-electron chi connectivity index (χ1n) is 5.89. The number of nitrogens with zero attached hydrogens (tertiary/aromatic N) is 1. The van der Waals surface area contributed by atoms with Crippen LogP contribution >= 0.6 is 23.7 Å². The lowest BCUT2D eigenvalue weighted by Crippen LogP contribution is -2.43. The summed E-state index contributed by atoms with van der Waals surface area (Å²) in [5.41, 5.74) is 6.82. The first kappa shape index (κ1) is 17.4. The lowest BCUT2D eigenvalue weighted by atomic mass is 10.1. The number of thiazole rings is 1. The van der Waals surface area contributed by atoms with Crippen molar-refractivity contribution in [2.24, 2.45) is 11.7 Å². The van der Waals surface area contributed by atoms with Crippen molar-refractivity contribution in [1.82, 2.24) is 10.3 Å². The number of amides is 1. The summed E-state index contributed by atoms with van der Waals surface area (Å²) in [6.45, 7) is 8.55. The van der Waals surface area contributed by atoms with Crippen LogP contribution in [0.5, 0.6) is 0 Å². The summed E-state index contributed by atoms with van der Waals surface area (Å²) < 4.78 is 0. The molecule has 0 aliphatic heterocycles. The molecular weight excluding hydrogens is 270 g/mol. The third-order valence-electron chi connectivity index (χ3n) is 2.60. The Kier molecular flexibility index (Phi) is 7.43. The van der Waals surface area contributed by atoms with Gasteiger partial charge in [0, 0.05) is 5.38 Å². The monoisotopic (exact) mass is 291 g/mol. The van der Waals surface area contributed by atoms with Crippen LogP contribution in [-0.2, 0) is 11.3 Å². The molecule has 0 aliphatic rings. The van der Waals surface area contributed by atoms with E-state index in [-0.39, 0.29) is 24.2 Å². The summed E-state index contributed by atoms with van der Waals surface area (Å²) in [4.78, 5) is 16.1. The van der Waals surface area contributed by atoms with Gasteiger partial charge in [0.1, 0.15) is 5.01 Å². The van der Waals surface area contributed by atoms with Crippen molar-refractivity contribution < 1.29 is 4.79 Å². The van der Waals surface area contributed by atoms with Gasteiger partial charge in [-0.15, -0.1) is 23.7 Å². The van der Waals surface area contributed by atoms with Gasteiger partial charge < -0.3 is 11.1 Å². The second-order valence-corrected chi connectivity index (χ2v) is 5.75. The third-order valence-corrected chi connectivity index (χ3v) is 3.46. The Labute approximate surface area is 119 Å². The van der Waals surface area contributed by atoms with Crippen molar-refractivity contribution in [1.29, 1.82) is 0 Å². The van der Waals surface area contributed by atoms with Gasteiger partial charge in [-0.3, -0.25) is 4.79 Å². The fourth-order valence-corrected chi connectivity index (χ4v) is 2.15. The van der Waals surface area contributed by atoms with Crippen molar-refractivity contribution >= 4 is 29.7 Å². The van der Waals surface area contributed by atoms with Gasteiger partial charge in [0.15, 0.2) is 0 Å². The number of carbonyl (C=O) groups is 1. The summed E-state index contributed by atoms with van der Waals surface area (Å²) in [6, 6.07) is -0.445. The minimum absolute atomic E-state index is 0. The van der Waals surface area contributed by atoms with Crippen LogP contribution in [0.1, 0.15) is 44.3 Å². The summed E-state index contributed by atoms with van der Waals surface area (Å²) >= 11 is 1.57. The fourth-order valence-electron chi connectivity index (χ4n) is 1.25. The Balaban J connectivity index is 0.00000289. The average molecular weight is 292 g/mol. The van der Waals surface area contributed by atoms with Crippen LogP contribution in [0.15, 0.2) is 5.38 Å². The maximum Gasteiger partial charge on any atom is 0.237 e. The molecule has 1 aromatic rings. The van der Waals surface area contributed by atoms with E-state index in [1.165, 1.54) is 0 Å². The predicted octanol–water partition coefficient (Wildman–Crippen LogP) is 2.29. The molecule has 1 amide bonds. The smallest absolute Gasteiger partial charge is 0.237 e. The highest BCUT2D eigenvalue weighted by Gasteiger charge is 2.17. The normalized spacial score (nSPS) is 12.4. The molecule has 0 unspecified atom stereocenters. The molecule has 0 radical (unpaired) electrons. The zero-order valence-corrected chi connectivity index (χ0v) is 12.9. The van der Waals surface area contributed by atoms with Gasteiger partial charge in [-0.05, 0) is 11.8 Å². The molecule has 0 aromatic carbocycles. The first-order valence-corrected chi connectivity index (χ1v) is 6.77. The zero-order chi connectivity index (χ0) is 13.0. The predicted molar refractivity (Wildman–Crippen MR) is 78.1 cm³/mol. The van der Waals surface area contributed by atoms with E-state index in [4.69, 9.17) is 5.73 Å². The van der Waals surface area contributed by atoms with Gasteiger partial charge in [-0.25, -0.2) is 4.98 Å². The molecule has 18 heavy (non-hydrogen) atoms. The maximum absolute atomic E-state index is 11.6. The average Bonchev–Trinajstić information content (AvgIpc) is 2.73. The standard InChI is InChI=1S/C12H21N3OS.ClH/c1-7(2)9-6-17-10(15-9)5-14-12(16)11(13)8(3)4;/h6-8,11H,5,13H2,1-4H3,(H,14,16);1H/t11-;/m0./s1. The Morgan fingerprint density at radius 1 is 1.44 bits per heavy atom. The number of aromatic nitrogens is 1. The molecule has 6 heteroatoms. The molecule has 0 aliphatic carbocycles. The molecule has 3 N–H and O–H groups in total. The molecule has 0 spiro atoms. The molecule has 4 nitrogen and oxygen atoms in total. The largest absolute Gasteiger partial charge is 0.348 e. The molecule has 1 aromatic heterocycles. The van der Waals surface area contributed by atoms with Crippen LogP contribution in [0, 0.1) is 5.92 Å². The van der Waals surface area contributed by atoms with E-state index < -0.39 is 6.04 Å². The van der Waals surface area contributed by atoms with Gasteiger partial charge in [0.05, 0.1) is 18.3 Å². The van der Waals surface area contributed by atoms with Crippen LogP contribution in [0.25, 0.3) is 0 Å². The molecule has 104 valence electrons. The number of carbonyl (C=O) groups excluding carboxylic acids is 1. The second kappa shape index (κ2) is 7.71. The summed E-state index contributed by atoms with van der Waals surface area (Å²) in [5.74, 6) is 0.465. The van der Waals surface area contributed by atoms with Crippen molar-refractivity contribution in [2.75, 3.05) is 0 Å². The van der Waals surface area contributed by atoms with Gasteiger partial charge >= 0.3 is 0 Å². The molecule has 0 bridgehead atoms. The molecule has 1 atom stereocenters. The number of hydrogen-bond acceptors (Lipinski definition) is 4. The lowest BCUT2D eigenvalue weighted by Gasteiger charge is -2.14. The zero-order valence-electron chi connectivity index (χ0n) is 11.3. The van der Waals surface area contributed by atoms with Crippen molar-refractivity contribution in [3.8, 4) is 0 Å². The maximum atomic E-state index is 11.6. The van der Waals surface area contributed by atoms with E-state index in [0.717, 1.165) is 10.7 Å². The number of nitrogens with two attached hydrogens (primary N) is 1. The van der Waals surface area contributed by atoms with Gasteiger partial charge in [-0.1, -0.05) is 27.7 Å². The van der Waals surface area contributed by atoms with E-state index in [1.54, 1.807) is 11.3 Å². The van der Waals surface area contributed by atoms with E-state index in [2.05, 4.69) is 24.1 Å². The van der Waals surface area contributed by atoms with Crippen LogP contribution in [0.4, 0.5) is 0 Å². The van der Waals surface area contributed by atoms with Crippen LogP contribution in [0.2, 0.25) is 0 Å². The Hall–Kier alpha value is -0.650. The quantitative estimate of drug-likeness (QED) is 0.874. The molecule has 0 fully saturated rings. The SMILES string of the molecule is CC(C)c1csc(CNC(=O)[C@@H](N)C(C)C)n1.Cl. The van der Waals surface area contributed by atoms with Crippen LogP contribution in [0.3, 0.4) is 0 Å². The van der Waals surface area contributed by atoms with E-state index in [0.29, 0.717) is 12.5 Å². The second-order valence-electron chi connectivity index (χ2n) is 4.81. The summed E-state index contributed by atoms with van der Waals surface area (Å²) in [6.07, 6.45) is 0. The van der Waals surface area contributed by atoms with E-state index in [9.17, 15) is 4.79 Å². The molecule has 1 heterocycles. The summed E-state index contributed by atoms with van der Waals surface area (Å²) in [7, 11) is 0. The highest BCUT2D eigenvalue weighted by atomic mass is 35.5. The fraction of sp³-hybridized carbons (Fsp3) is 0.667. The molecule has 0 saturated carbocycles. The highest BCUT2D eigenvalue weighted by Crippen LogP contribution is 2.17. The topological polar surface area (TPSA) is 68.0 Å². The number of nitrogens with one attached hydrogen (secondary N) is 1. The van der Waals surface area contributed by atoms with Crippen LogP contribution < -0.4 is 11.1 Å². The summed E-state index contributed by atoms with van der Waals surface area (Å²) in [5, 5.41) is 5.78. The Morgan fingerprint density at radius 2 is 2.06 bits per heavy atom. The minimum Gasteiger partial charge on any atom is -0.348 e. The van der Waals surface area contributed by atoms with Gasteiger partial charge in [0.2, 0.25) is 5.91 Å². The number of rotatable bonds is 5. The van der Waals surface area contributed by atoms with E-state index in [1.807, 2.05) is 19.2 Å². The Morgan fingerprint density at radius 3 is 2.50 bits per heavy atom. The first-order chi connectivity index (χ1) is 7.91. The van der Waals surface area contributed by atoms with Crippen LogP contribution in [-0.4, -0.2) is 16.9 Å². The molecular formula is C12H22ClN3OS. The number of halogens is 1. The van der Waals surface area contributed by atoms with Crippen molar-refractivity contribution in [3.63, 3.8) is 0 Å². The van der Waals surface area contributed by atoms with Crippen molar-refractivity contribution in [2.45, 2.75) is 46.2 Å². The highest BCUT2D eigenvalue weighted by molar-refractivity contribution is 7.09. The number of hydrogen-bond donors (Lipinski definition) is 2. The molecule has 1 rings (SSSR count). The van der Waals surface area contributed by atoms with Gasteiger partial charge in [0.25, 0.3) is 0 Å². The lowest BCUT2D eigenvalue weighted by molar-refractivity contribution is -0.123. The van der Waals surface area contributed by atoms with Crippen molar-refractivity contribution in [3.05, 3.63) is 16.1 Å². The Bertz CT molecular complexity index is 379. The van der Waals surface area contributed by atoms with E-state index >= 15 is 0 Å².